The van der Waals surface area contributed by atoms with Crippen molar-refractivity contribution in [1.29, 1.82) is 5.41 Å². The summed E-state index contributed by atoms with van der Waals surface area (Å²) in [6.45, 7) is 0. The molecule has 142 valence electrons. The van der Waals surface area contributed by atoms with Crippen molar-refractivity contribution in [3.05, 3.63) is 65.7 Å². The third-order valence-electron chi connectivity index (χ3n) is 4.91. The summed E-state index contributed by atoms with van der Waals surface area (Å²) in [4.78, 5) is 21.4. The van der Waals surface area contributed by atoms with Gasteiger partial charge in [0.1, 0.15) is 0 Å². The van der Waals surface area contributed by atoms with Gasteiger partial charge in [0.25, 0.3) is 11.9 Å². The Morgan fingerprint density at radius 2 is 1.86 bits per heavy atom. The highest BCUT2D eigenvalue weighted by molar-refractivity contribution is 6.19. The fraction of sp³-hybridized carbons (Fsp3) is 0.238. The molecule has 2 aromatic carbocycles. The lowest BCUT2D eigenvalue weighted by Gasteiger charge is -2.24. The molecule has 1 aliphatic carbocycles. The smallest absolute Gasteiger partial charge is 0.291 e. The normalized spacial score (nSPS) is 19.6. The van der Waals surface area contributed by atoms with Crippen LogP contribution in [0.2, 0.25) is 0 Å². The molecule has 1 amide bonds. The fourth-order valence-corrected chi connectivity index (χ4v) is 3.17. The molecule has 1 fully saturated rings. The molecule has 0 aromatic heterocycles. The van der Waals surface area contributed by atoms with Crippen molar-refractivity contribution in [1.82, 2.24) is 0 Å². The average Bonchev–Trinajstić information content (AvgIpc) is 2.77. The minimum atomic E-state index is -1.10. The Labute approximate surface area is 162 Å². The summed E-state index contributed by atoms with van der Waals surface area (Å²) in [6.07, 6.45) is 1.82. The number of amidine groups is 1. The van der Waals surface area contributed by atoms with Crippen LogP contribution >= 0.6 is 0 Å². The van der Waals surface area contributed by atoms with E-state index in [-0.39, 0.29) is 17.8 Å². The van der Waals surface area contributed by atoms with E-state index in [0.717, 1.165) is 30.4 Å². The Bertz CT molecular complexity index is 964. The molecular weight excluding hydrogens is 354 g/mol. The number of carbonyl (C=O) groups is 1. The van der Waals surface area contributed by atoms with Gasteiger partial charge in [0, 0.05) is 17.0 Å². The van der Waals surface area contributed by atoms with Crippen LogP contribution in [0.1, 0.15) is 30.4 Å². The van der Waals surface area contributed by atoms with Crippen molar-refractivity contribution >= 4 is 29.2 Å². The van der Waals surface area contributed by atoms with Gasteiger partial charge in [-0.25, -0.2) is 4.99 Å². The van der Waals surface area contributed by atoms with Crippen molar-refractivity contribution in [3.8, 4) is 0 Å². The Morgan fingerprint density at radius 3 is 2.57 bits per heavy atom. The summed E-state index contributed by atoms with van der Waals surface area (Å²) in [6, 6.07) is 16.9. The number of hydrogen-bond acceptors (Lipinski definition) is 5. The zero-order valence-corrected chi connectivity index (χ0v) is 15.3. The van der Waals surface area contributed by atoms with Crippen LogP contribution in [-0.4, -0.2) is 29.7 Å². The Hall–Kier alpha value is -3.48. The summed E-state index contributed by atoms with van der Waals surface area (Å²) in [5.41, 5.74) is 8.84. The summed E-state index contributed by atoms with van der Waals surface area (Å²) in [5.74, 6) is -0.221. The lowest BCUT2D eigenvalue weighted by molar-refractivity contribution is -0.117. The topological polar surface area (TPSA) is 113 Å². The fourth-order valence-electron chi connectivity index (χ4n) is 3.17. The summed E-state index contributed by atoms with van der Waals surface area (Å²) in [5, 5.41) is 10.8. The molecule has 1 unspecified atom stereocenters. The molecule has 7 nitrogen and oxygen atoms in total. The van der Waals surface area contributed by atoms with Crippen molar-refractivity contribution in [2.45, 2.75) is 25.4 Å². The molecule has 1 saturated carbocycles. The molecule has 4 rings (SSSR count). The highest BCUT2D eigenvalue weighted by atomic mass is 16.5. The predicted molar refractivity (Wildman–Crippen MR) is 109 cm³/mol. The monoisotopic (exact) mass is 375 g/mol. The molecule has 0 radical (unpaired) electrons. The number of amides is 1. The number of nitrogens with zero attached hydrogens (tertiary/aromatic N) is 2. The van der Waals surface area contributed by atoms with Gasteiger partial charge in [-0.15, -0.1) is 0 Å². The van der Waals surface area contributed by atoms with Gasteiger partial charge in [-0.05, 0) is 18.9 Å². The number of para-hydroxylation sites is 1. The molecule has 7 heteroatoms. The zero-order valence-electron chi connectivity index (χ0n) is 15.3. The van der Waals surface area contributed by atoms with Crippen LogP contribution in [0.15, 0.2) is 64.6 Å². The second kappa shape index (κ2) is 7.64. The van der Waals surface area contributed by atoms with E-state index in [4.69, 9.17) is 15.9 Å². The second-order valence-corrected chi connectivity index (χ2v) is 6.81. The minimum Gasteiger partial charge on any atom is -0.412 e. The Balaban J connectivity index is 1.68. The van der Waals surface area contributed by atoms with Gasteiger partial charge in [0.05, 0.1) is 11.4 Å². The summed E-state index contributed by atoms with van der Waals surface area (Å²) < 4.78 is 5.33. The number of nitrogens with two attached hydrogens (primary N) is 1. The van der Waals surface area contributed by atoms with Crippen LogP contribution in [0.3, 0.4) is 0 Å². The molecule has 1 atom stereocenters. The lowest BCUT2D eigenvalue weighted by Crippen LogP contribution is -2.32. The highest BCUT2D eigenvalue weighted by Crippen LogP contribution is 2.28. The van der Waals surface area contributed by atoms with E-state index in [2.05, 4.69) is 15.3 Å². The third-order valence-corrected chi connectivity index (χ3v) is 4.91. The van der Waals surface area contributed by atoms with Crippen LogP contribution < -0.4 is 11.1 Å². The van der Waals surface area contributed by atoms with E-state index < -0.39 is 12.1 Å². The first-order chi connectivity index (χ1) is 13.6. The Morgan fingerprint density at radius 1 is 1.14 bits per heavy atom. The number of rotatable bonds is 3. The van der Waals surface area contributed by atoms with Gasteiger partial charge in [0.2, 0.25) is 6.17 Å². The maximum absolute atomic E-state index is 12.7. The highest BCUT2D eigenvalue weighted by Gasteiger charge is 2.27. The van der Waals surface area contributed by atoms with Crippen molar-refractivity contribution in [2.24, 2.45) is 21.6 Å². The number of nitrogens with one attached hydrogen (secondary N) is 2. The number of carbonyl (C=O) groups excluding carboxylic acids is 1. The van der Waals surface area contributed by atoms with E-state index in [1.165, 1.54) is 0 Å². The van der Waals surface area contributed by atoms with Crippen molar-refractivity contribution in [3.63, 3.8) is 0 Å². The molecule has 0 spiro atoms. The van der Waals surface area contributed by atoms with Crippen LogP contribution in [0.5, 0.6) is 0 Å². The van der Waals surface area contributed by atoms with Gasteiger partial charge in [-0.3, -0.25) is 10.2 Å². The number of benzodiazepines with no additional fused rings is 1. The number of hydrogen-bond donors (Lipinski definition) is 3. The molecule has 1 heterocycles. The lowest BCUT2D eigenvalue weighted by atomic mass is 9.85. The molecule has 2 aromatic rings. The molecule has 2 aliphatic rings. The van der Waals surface area contributed by atoms with E-state index in [0.29, 0.717) is 11.4 Å². The van der Waals surface area contributed by atoms with Gasteiger partial charge in [-0.1, -0.05) is 55.0 Å². The maximum Gasteiger partial charge on any atom is 0.291 e. The largest absolute Gasteiger partial charge is 0.412 e. The van der Waals surface area contributed by atoms with Crippen molar-refractivity contribution < 1.29 is 9.53 Å². The average molecular weight is 375 g/mol. The minimum absolute atomic E-state index is 0.0874. The van der Waals surface area contributed by atoms with Gasteiger partial charge in [0.15, 0.2) is 5.90 Å². The quantitative estimate of drug-likeness (QED) is 0.566. The van der Waals surface area contributed by atoms with Gasteiger partial charge < -0.3 is 15.8 Å². The van der Waals surface area contributed by atoms with Crippen LogP contribution in [-0.2, 0) is 9.53 Å². The van der Waals surface area contributed by atoms with E-state index in [1.807, 2.05) is 54.6 Å². The second-order valence-electron chi connectivity index (χ2n) is 6.81. The van der Waals surface area contributed by atoms with E-state index in [1.54, 1.807) is 0 Å². The number of anilines is 1. The number of aliphatic imine (C=N–C) groups is 2. The van der Waals surface area contributed by atoms with Gasteiger partial charge in [-0.2, -0.15) is 4.99 Å². The molecule has 1 aliphatic heterocycles. The van der Waals surface area contributed by atoms with E-state index in [9.17, 15) is 4.79 Å². The molecule has 0 saturated heterocycles. The molecule has 28 heavy (non-hydrogen) atoms. The van der Waals surface area contributed by atoms with Crippen LogP contribution in [0, 0.1) is 11.3 Å². The number of fused-ring (bicyclic) bond motifs is 1. The first-order valence-electron chi connectivity index (χ1n) is 9.25. The summed E-state index contributed by atoms with van der Waals surface area (Å²) in [7, 11) is 0. The van der Waals surface area contributed by atoms with Gasteiger partial charge >= 0.3 is 0 Å². The SMILES string of the molecule is N=C(OC(N)=NC1N=C(c2ccccc2)c2ccccc2NC1=O)C1CCC1. The standard InChI is InChI=1S/C21H21N5O2/c22-18(14-9-6-10-14)28-21(23)26-19-20(27)24-16-12-5-4-11-15(16)17(25-19)13-7-2-1-3-8-13/h1-5,7-8,11-12,14,19,22H,6,9-10H2,(H2,23,26)(H,24,27). The summed E-state index contributed by atoms with van der Waals surface area (Å²) >= 11 is 0. The van der Waals surface area contributed by atoms with Crippen molar-refractivity contribution in [2.75, 3.05) is 5.32 Å². The van der Waals surface area contributed by atoms with E-state index >= 15 is 0 Å². The predicted octanol–water partition coefficient (Wildman–Crippen LogP) is 2.91. The first kappa shape index (κ1) is 17.9. The number of ether oxygens (including phenoxy) is 1. The third kappa shape index (κ3) is 3.64. The van der Waals surface area contributed by atoms with Crippen LogP contribution in [0.25, 0.3) is 0 Å². The molecule has 0 bridgehead atoms. The molecular formula is C21H21N5O2. The first-order valence-corrected chi connectivity index (χ1v) is 9.25. The zero-order chi connectivity index (χ0) is 19.5. The Kier molecular flexibility index (Phi) is 4.89. The number of benzene rings is 2. The van der Waals surface area contributed by atoms with Crippen LogP contribution in [0.4, 0.5) is 5.69 Å². The molecule has 4 N–H and O–H groups in total. The maximum atomic E-state index is 12.7.